The molecule has 0 spiro atoms. The first kappa shape index (κ1) is 10.9. The quantitative estimate of drug-likeness (QED) is 0.638. The van der Waals surface area contributed by atoms with Crippen LogP contribution in [0, 0.1) is 13.8 Å². The fraction of sp³-hybridized carbons (Fsp3) is 0.125. The maximum Gasteiger partial charge on any atom is 0.0783 e. The van der Waals surface area contributed by atoms with Crippen LogP contribution in [0.3, 0.4) is 0 Å². The lowest BCUT2D eigenvalue weighted by molar-refractivity contribution is 1.30. The third-order valence-electron chi connectivity index (χ3n) is 3.15. The summed E-state index contributed by atoms with van der Waals surface area (Å²) in [7, 11) is 0. The molecule has 88 valence electrons. The third kappa shape index (κ3) is 1.76. The minimum atomic E-state index is 1.05. The normalized spacial score (nSPS) is 10.8. The van der Waals surface area contributed by atoms with Crippen molar-refractivity contribution < 1.29 is 0 Å². The number of hydrogen-bond acceptors (Lipinski definition) is 2. The predicted molar refractivity (Wildman–Crippen MR) is 74.4 cm³/mol. The number of nitrogens with zero attached hydrogens (tertiary/aromatic N) is 2. The van der Waals surface area contributed by atoms with Crippen molar-refractivity contribution in [3.63, 3.8) is 0 Å². The minimum Gasteiger partial charge on any atom is -0.264 e. The van der Waals surface area contributed by atoms with Gasteiger partial charge in [-0.15, -0.1) is 0 Å². The second-order valence-corrected chi connectivity index (χ2v) is 4.58. The molecule has 0 fully saturated rings. The van der Waals surface area contributed by atoms with Gasteiger partial charge < -0.3 is 0 Å². The number of pyridine rings is 2. The second-order valence-electron chi connectivity index (χ2n) is 4.58. The molecule has 0 aliphatic carbocycles. The molecule has 0 aliphatic heterocycles. The predicted octanol–water partition coefficient (Wildman–Crippen LogP) is 3.91. The van der Waals surface area contributed by atoms with Crippen molar-refractivity contribution in [1.82, 2.24) is 9.97 Å². The Hall–Kier alpha value is -2.22. The lowest BCUT2D eigenvalue weighted by atomic mass is 9.98. The lowest BCUT2D eigenvalue weighted by Gasteiger charge is -2.09. The van der Waals surface area contributed by atoms with Gasteiger partial charge in [-0.3, -0.25) is 9.97 Å². The van der Waals surface area contributed by atoms with E-state index in [2.05, 4.69) is 48.1 Å². The van der Waals surface area contributed by atoms with Crippen LogP contribution in [0.2, 0.25) is 0 Å². The summed E-state index contributed by atoms with van der Waals surface area (Å²) in [6.45, 7) is 4.18. The van der Waals surface area contributed by atoms with Crippen LogP contribution in [-0.4, -0.2) is 9.97 Å². The lowest BCUT2D eigenvalue weighted by Crippen LogP contribution is -1.90. The Morgan fingerprint density at radius 2 is 1.89 bits per heavy atom. The number of rotatable bonds is 1. The fourth-order valence-corrected chi connectivity index (χ4v) is 2.29. The summed E-state index contributed by atoms with van der Waals surface area (Å²) >= 11 is 0. The minimum absolute atomic E-state index is 1.05. The molecular formula is C16H14N2. The Morgan fingerprint density at radius 3 is 2.67 bits per heavy atom. The van der Waals surface area contributed by atoms with Crippen molar-refractivity contribution in [2.75, 3.05) is 0 Å². The van der Waals surface area contributed by atoms with Crippen LogP contribution < -0.4 is 0 Å². The Bertz CT molecular complexity index is 703. The van der Waals surface area contributed by atoms with Crippen LogP contribution in [0.25, 0.3) is 22.0 Å². The molecule has 0 aliphatic rings. The van der Waals surface area contributed by atoms with Crippen LogP contribution in [0.1, 0.15) is 11.1 Å². The van der Waals surface area contributed by atoms with Gasteiger partial charge in [0.1, 0.15) is 0 Å². The SMILES string of the molecule is Cc1cnc2c(-c3cccnc3)c(C)ccc2c1. The zero-order chi connectivity index (χ0) is 12.5. The molecule has 3 aromatic rings. The molecule has 0 amide bonds. The fourth-order valence-electron chi connectivity index (χ4n) is 2.29. The molecule has 0 N–H and O–H groups in total. The number of benzene rings is 1. The highest BCUT2D eigenvalue weighted by Gasteiger charge is 2.08. The Morgan fingerprint density at radius 1 is 1.00 bits per heavy atom. The molecule has 0 unspecified atom stereocenters. The Balaban J connectivity index is 2.37. The number of hydrogen-bond donors (Lipinski definition) is 0. The number of aryl methyl sites for hydroxylation is 2. The molecule has 0 saturated heterocycles. The molecule has 3 rings (SSSR count). The van der Waals surface area contributed by atoms with E-state index in [9.17, 15) is 0 Å². The van der Waals surface area contributed by atoms with E-state index in [-0.39, 0.29) is 0 Å². The van der Waals surface area contributed by atoms with Crippen molar-refractivity contribution in [2.24, 2.45) is 0 Å². The van der Waals surface area contributed by atoms with Gasteiger partial charge in [0.15, 0.2) is 0 Å². The summed E-state index contributed by atoms with van der Waals surface area (Å²) in [5, 5.41) is 1.18. The molecule has 0 saturated carbocycles. The summed E-state index contributed by atoms with van der Waals surface area (Å²) < 4.78 is 0. The van der Waals surface area contributed by atoms with Crippen LogP contribution in [-0.2, 0) is 0 Å². The summed E-state index contributed by atoms with van der Waals surface area (Å²) in [6, 6.07) is 10.5. The maximum absolute atomic E-state index is 4.59. The van der Waals surface area contributed by atoms with Gasteiger partial charge in [-0.1, -0.05) is 18.2 Å². The van der Waals surface area contributed by atoms with Gasteiger partial charge in [-0.25, -0.2) is 0 Å². The van der Waals surface area contributed by atoms with Crippen molar-refractivity contribution in [3.05, 3.63) is 60.0 Å². The topological polar surface area (TPSA) is 25.8 Å². The van der Waals surface area contributed by atoms with E-state index in [4.69, 9.17) is 0 Å². The molecular weight excluding hydrogens is 220 g/mol. The zero-order valence-electron chi connectivity index (χ0n) is 10.5. The molecule has 18 heavy (non-hydrogen) atoms. The van der Waals surface area contributed by atoms with E-state index >= 15 is 0 Å². The highest BCUT2D eigenvalue weighted by molar-refractivity contribution is 5.95. The van der Waals surface area contributed by atoms with Crippen molar-refractivity contribution in [2.45, 2.75) is 13.8 Å². The van der Waals surface area contributed by atoms with Gasteiger partial charge in [-0.05, 0) is 37.1 Å². The van der Waals surface area contributed by atoms with Gasteiger partial charge in [0.2, 0.25) is 0 Å². The van der Waals surface area contributed by atoms with Gasteiger partial charge in [0.25, 0.3) is 0 Å². The molecule has 0 radical (unpaired) electrons. The van der Waals surface area contributed by atoms with E-state index in [1.165, 1.54) is 22.1 Å². The van der Waals surface area contributed by atoms with Gasteiger partial charge in [-0.2, -0.15) is 0 Å². The van der Waals surface area contributed by atoms with Gasteiger partial charge >= 0.3 is 0 Å². The van der Waals surface area contributed by atoms with Crippen LogP contribution in [0.15, 0.2) is 48.9 Å². The van der Waals surface area contributed by atoms with E-state index in [0.717, 1.165) is 11.1 Å². The summed E-state index contributed by atoms with van der Waals surface area (Å²) in [5.74, 6) is 0. The summed E-state index contributed by atoms with van der Waals surface area (Å²) in [5.41, 5.74) is 5.77. The third-order valence-corrected chi connectivity index (χ3v) is 3.15. The first-order valence-corrected chi connectivity index (χ1v) is 6.02. The largest absolute Gasteiger partial charge is 0.264 e. The van der Waals surface area contributed by atoms with Crippen molar-refractivity contribution >= 4 is 10.9 Å². The Labute approximate surface area is 106 Å². The van der Waals surface area contributed by atoms with Crippen LogP contribution in [0.4, 0.5) is 0 Å². The van der Waals surface area contributed by atoms with E-state index in [1.54, 1.807) is 6.20 Å². The summed E-state index contributed by atoms with van der Waals surface area (Å²) in [6.07, 6.45) is 5.60. The molecule has 2 heterocycles. The highest BCUT2D eigenvalue weighted by Crippen LogP contribution is 2.30. The van der Waals surface area contributed by atoms with E-state index in [1.807, 2.05) is 18.5 Å². The van der Waals surface area contributed by atoms with Gasteiger partial charge in [0.05, 0.1) is 5.52 Å². The monoisotopic (exact) mass is 234 g/mol. The summed E-state index contributed by atoms with van der Waals surface area (Å²) in [4.78, 5) is 8.79. The molecule has 2 heteroatoms. The number of fused-ring (bicyclic) bond motifs is 1. The maximum atomic E-state index is 4.59. The molecule has 0 bridgehead atoms. The molecule has 1 aromatic carbocycles. The standard InChI is InChI=1S/C16H14N2/c1-11-8-13-6-5-12(2)15(16(13)18-9-11)14-4-3-7-17-10-14/h3-10H,1-2H3. The van der Waals surface area contributed by atoms with E-state index in [0.29, 0.717) is 0 Å². The van der Waals surface area contributed by atoms with Crippen LogP contribution in [0.5, 0.6) is 0 Å². The second kappa shape index (κ2) is 4.22. The first-order valence-electron chi connectivity index (χ1n) is 6.02. The molecule has 0 atom stereocenters. The van der Waals surface area contributed by atoms with E-state index < -0.39 is 0 Å². The Kier molecular flexibility index (Phi) is 2.56. The highest BCUT2D eigenvalue weighted by atomic mass is 14.7. The average Bonchev–Trinajstić information content (AvgIpc) is 2.40. The smallest absolute Gasteiger partial charge is 0.0783 e. The van der Waals surface area contributed by atoms with Crippen molar-refractivity contribution in [3.8, 4) is 11.1 Å². The van der Waals surface area contributed by atoms with Crippen LogP contribution >= 0.6 is 0 Å². The average molecular weight is 234 g/mol. The molecule has 2 nitrogen and oxygen atoms in total. The molecule has 2 aromatic heterocycles. The van der Waals surface area contributed by atoms with Gasteiger partial charge in [0, 0.05) is 35.1 Å². The van der Waals surface area contributed by atoms with Crippen molar-refractivity contribution in [1.29, 1.82) is 0 Å². The zero-order valence-corrected chi connectivity index (χ0v) is 10.5. The first-order chi connectivity index (χ1) is 8.75. The number of aromatic nitrogens is 2.